The number of hydrogen-bond donors (Lipinski definition) is 2. The number of nitrogens with one attached hydrogen (secondary N) is 1. The molecule has 1 aliphatic rings. The summed E-state index contributed by atoms with van der Waals surface area (Å²) in [6.45, 7) is 0.819. The fourth-order valence-corrected chi connectivity index (χ4v) is 2.91. The minimum atomic E-state index is 0.656. The van der Waals surface area contributed by atoms with Gasteiger partial charge < -0.3 is 11.1 Å². The molecule has 3 nitrogen and oxygen atoms in total. The summed E-state index contributed by atoms with van der Waals surface area (Å²) in [5, 5.41) is 4.66. The van der Waals surface area contributed by atoms with Gasteiger partial charge in [-0.2, -0.15) is 0 Å². The van der Waals surface area contributed by atoms with Gasteiger partial charge in [-0.3, -0.25) is 4.98 Å². The van der Waals surface area contributed by atoms with Crippen molar-refractivity contribution in [2.24, 2.45) is 0 Å². The highest BCUT2D eigenvalue weighted by atomic mass is 14.9. The molecule has 0 amide bonds. The molecule has 0 bridgehead atoms. The maximum Gasteiger partial charge on any atom is 0.0726 e. The van der Waals surface area contributed by atoms with E-state index < -0.39 is 0 Å². The quantitative estimate of drug-likeness (QED) is 0.885. The van der Waals surface area contributed by atoms with Gasteiger partial charge in [0.25, 0.3) is 0 Å². The number of nitrogen functional groups attached to an aromatic ring is 1. The highest BCUT2D eigenvalue weighted by molar-refractivity contribution is 5.90. The standard InChI is InChI=1S/C16H21N3/c17-15-10-13(11-18-12-6-2-1-3-7-12)19-16-9-5-4-8-14(15)16/h4-5,8-10,12,18H,1-3,6-7,11H2,(H2,17,19). The average molecular weight is 255 g/mol. The Hall–Kier alpha value is -1.61. The highest BCUT2D eigenvalue weighted by Crippen LogP contribution is 2.21. The van der Waals surface area contributed by atoms with Gasteiger partial charge in [0.1, 0.15) is 0 Å². The molecule has 19 heavy (non-hydrogen) atoms. The van der Waals surface area contributed by atoms with Crippen molar-refractivity contribution in [3.63, 3.8) is 0 Å². The number of benzene rings is 1. The summed E-state index contributed by atoms with van der Waals surface area (Å²) in [6, 6.07) is 10.7. The van der Waals surface area contributed by atoms with Crippen LogP contribution in [0.3, 0.4) is 0 Å². The lowest BCUT2D eigenvalue weighted by Crippen LogP contribution is -2.30. The van der Waals surface area contributed by atoms with Crippen LogP contribution in [0.2, 0.25) is 0 Å². The van der Waals surface area contributed by atoms with Crippen molar-refractivity contribution in [2.45, 2.75) is 44.7 Å². The molecule has 0 unspecified atom stereocenters. The van der Waals surface area contributed by atoms with Gasteiger partial charge in [-0.05, 0) is 25.0 Å². The fraction of sp³-hybridized carbons (Fsp3) is 0.438. The molecule has 0 radical (unpaired) electrons. The second kappa shape index (κ2) is 5.57. The van der Waals surface area contributed by atoms with Gasteiger partial charge in [-0.1, -0.05) is 37.5 Å². The van der Waals surface area contributed by atoms with E-state index in [1.807, 2.05) is 30.3 Å². The third kappa shape index (κ3) is 2.87. The molecule has 3 heteroatoms. The Kier molecular flexibility index (Phi) is 3.65. The Labute approximate surface area is 114 Å². The molecular weight excluding hydrogens is 234 g/mol. The lowest BCUT2D eigenvalue weighted by molar-refractivity contribution is 0.371. The Morgan fingerprint density at radius 1 is 1.16 bits per heavy atom. The van der Waals surface area contributed by atoms with E-state index in [4.69, 9.17) is 5.73 Å². The van der Waals surface area contributed by atoms with Crippen LogP contribution in [0, 0.1) is 0 Å². The van der Waals surface area contributed by atoms with E-state index in [1.165, 1.54) is 32.1 Å². The van der Waals surface area contributed by atoms with Crippen LogP contribution in [0.1, 0.15) is 37.8 Å². The lowest BCUT2D eigenvalue weighted by atomic mass is 9.95. The van der Waals surface area contributed by atoms with Crippen LogP contribution < -0.4 is 11.1 Å². The molecule has 0 atom stereocenters. The molecule has 1 heterocycles. The second-order valence-electron chi connectivity index (χ2n) is 5.44. The van der Waals surface area contributed by atoms with Crippen molar-refractivity contribution in [3.05, 3.63) is 36.0 Å². The number of nitrogens with zero attached hydrogens (tertiary/aromatic N) is 1. The van der Waals surface area contributed by atoms with Gasteiger partial charge in [0.05, 0.1) is 11.2 Å². The third-order valence-electron chi connectivity index (χ3n) is 3.98. The number of pyridine rings is 1. The predicted molar refractivity (Wildman–Crippen MR) is 79.9 cm³/mol. The number of hydrogen-bond acceptors (Lipinski definition) is 3. The van der Waals surface area contributed by atoms with E-state index in [0.29, 0.717) is 6.04 Å². The largest absolute Gasteiger partial charge is 0.398 e. The maximum absolute atomic E-state index is 6.10. The van der Waals surface area contributed by atoms with E-state index in [2.05, 4.69) is 10.3 Å². The summed E-state index contributed by atoms with van der Waals surface area (Å²) in [6.07, 6.45) is 6.68. The molecule has 1 fully saturated rings. The van der Waals surface area contributed by atoms with E-state index in [9.17, 15) is 0 Å². The van der Waals surface area contributed by atoms with Gasteiger partial charge >= 0.3 is 0 Å². The third-order valence-corrected chi connectivity index (χ3v) is 3.98. The molecule has 1 aliphatic carbocycles. The number of aromatic nitrogens is 1. The first-order chi connectivity index (χ1) is 9.33. The summed E-state index contributed by atoms with van der Waals surface area (Å²) in [5.74, 6) is 0. The summed E-state index contributed by atoms with van der Waals surface area (Å²) >= 11 is 0. The molecule has 2 aromatic rings. The molecule has 1 aromatic heterocycles. The van der Waals surface area contributed by atoms with Crippen LogP contribution in [0.4, 0.5) is 5.69 Å². The van der Waals surface area contributed by atoms with Gasteiger partial charge in [-0.15, -0.1) is 0 Å². The van der Waals surface area contributed by atoms with Gasteiger partial charge in [-0.25, -0.2) is 0 Å². The number of anilines is 1. The molecule has 3 N–H and O–H groups in total. The molecule has 0 spiro atoms. The summed E-state index contributed by atoms with van der Waals surface area (Å²) in [5.41, 5.74) is 8.96. The molecule has 0 aliphatic heterocycles. The molecule has 100 valence electrons. The number of fused-ring (bicyclic) bond motifs is 1. The molecule has 1 saturated carbocycles. The molecule has 3 rings (SSSR count). The number of rotatable bonds is 3. The minimum Gasteiger partial charge on any atom is -0.398 e. The Bertz CT molecular complexity index is 559. The van der Waals surface area contributed by atoms with Gasteiger partial charge in [0.2, 0.25) is 0 Å². The highest BCUT2D eigenvalue weighted by Gasteiger charge is 2.13. The lowest BCUT2D eigenvalue weighted by Gasteiger charge is -2.22. The average Bonchev–Trinajstić information content (AvgIpc) is 2.46. The summed E-state index contributed by atoms with van der Waals surface area (Å²) in [4.78, 5) is 4.68. The van der Waals surface area contributed by atoms with Crippen molar-refractivity contribution in [1.29, 1.82) is 0 Å². The molecular formula is C16H21N3. The second-order valence-corrected chi connectivity index (χ2v) is 5.44. The van der Waals surface area contributed by atoms with Crippen LogP contribution in [0.15, 0.2) is 30.3 Å². The Morgan fingerprint density at radius 2 is 1.95 bits per heavy atom. The van der Waals surface area contributed by atoms with E-state index >= 15 is 0 Å². The fourth-order valence-electron chi connectivity index (χ4n) is 2.91. The Morgan fingerprint density at radius 3 is 2.79 bits per heavy atom. The first-order valence-corrected chi connectivity index (χ1v) is 7.20. The molecule has 0 saturated heterocycles. The van der Waals surface area contributed by atoms with Crippen LogP contribution in [-0.2, 0) is 6.54 Å². The first kappa shape index (κ1) is 12.4. The molecule has 1 aromatic carbocycles. The zero-order valence-electron chi connectivity index (χ0n) is 11.2. The summed E-state index contributed by atoms with van der Waals surface area (Å²) < 4.78 is 0. The van der Waals surface area contributed by atoms with E-state index in [1.54, 1.807) is 0 Å². The van der Waals surface area contributed by atoms with Crippen molar-refractivity contribution in [2.75, 3.05) is 5.73 Å². The minimum absolute atomic E-state index is 0.656. The number of nitrogens with two attached hydrogens (primary N) is 1. The first-order valence-electron chi connectivity index (χ1n) is 7.20. The van der Waals surface area contributed by atoms with Crippen LogP contribution in [-0.4, -0.2) is 11.0 Å². The van der Waals surface area contributed by atoms with Crippen LogP contribution >= 0.6 is 0 Å². The summed E-state index contributed by atoms with van der Waals surface area (Å²) in [7, 11) is 0. The van der Waals surface area contributed by atoms with Crippen molar-refractivity contribution < 1.29 is 0 Å². The number of para-hydroxylation sites is 1. The topological polar surface area (TPSA) is 50.9 Å². The van der Waals surface area contributed by atoms with Crippen LogP contribution in [0.25, 0.3) is 10.9 Å². The van der Waals surface area contributed by atoms with Crippen LogP contribution in [0.5, 0.6) is 0 Å². The SMILES string of the molecule is Nc1cc(CNC2CCCCC2)nc2ccccc12. The van der Waals surface area contributed by atoms with E-state index in [0.717, 1.165) is 28.8 Å². The maximum atomic E-state index is 6.10. The smallest absolute Gasteiger partial charge is 0.0726 e. The zero-order valence-corrected chi connectivity index (χ0v) is 11.2. The van der Waals surface area contributed by atoms with Crippen molar-refractivity contribution in [3.8, 4) is 0 Å². The van der Waals surface area contributed by atoms with Crippen molar-refractivity contribution >= 4 is 16.6 Å². The Balaban J connectivity index is 1.73. The van der Waals surface area contributed by atoms with E-state index in [-0.39, 0.29) is 0 Å². The zero-order chi connectivity index (χ0) is 13.1. The van der Waals surface area contributed by atoms with Gasteiger partial charge in [0, 0.05) is 23.7 Å². The van der Waals surface area contributed by atoms with Crippen molar-refractivity contribution in [1.82, 2.24) is 10.3 Å². The predicted octanol–water partition coefficient (Wildman–Crippen LogP) is 3.24. The monoisotopic (exact) mass is 255 g/mol. The normalized spacial score (nSPS) is 16.8. The van der Waals surface area contributed by atoms with Gasteiger partial charge in [0.15, 0.2) is 0 Å².